The molecule has 104 valence electrons. The molecular weight excluding hydrogens is 264 g/mol. The fraction of sp³-hybridized carbons (Fsp3) is 0.500. The lowest BCUT2D eigenvalue weighted by atomic mass is 10.0. The first kappa shape index (κ1) is 14.3. The van der Waals surface area contributed by atoms with Crippen molar-refractivity contribution in [3.63, 3.8) is 0 Å². The minimum absolute atomic E-state index is 0.0693. The molecule has 1 saturated heterocycles. The molecule has 4 nitrogen and oxygen atoms in total. The lowest BCUT2D eigenvalue weighted by Gasteiger charge is -2.22. The van der Waals surface area contributed by atoms with Crippen molar-refractivity contribution in [2.24, 2.45) is 5.92 Å². The van der Waals surface area contributed by atoms with Crippen LogP contribution in [0, 0.1) is 5.92 Å². The van der Waals surface area contributed by atoms with E-state index in [2.05, 4.69) is 10.6 Å². The van der Waals surface area contributed by atoms with E-state index in [0.29, 0.717) is 23.2 Å². The minimum Gasteiger partial charge on any atom is -0.381 e. The van der Waals surface area contributed by atoms with Crippen LogP contribution in [0.1, 0.15) is 12.8 Å². The van der Waals surface area contributed by atoms with E-state index < -0.39 is 0 Å². The third-order valence-electron chi connectivity index (χ3n) is 3.21. The number of amides is 1. The Morgan fingerprint density at radius 1 is 1.32 bits per heavy atom. The molecule has 5 heteroatoms. The summed E-state index contributed by atoms with van der Waals surface area (Å²) in [5.41, 5.74) is 0.655. The number of nitrogens with one attached hydrogen (secondary N) is 2. The van der Waals surface area contributed by atoms with Crippen LogP contribution in [0.3, 0.4) is 0 Å². The first-order chi connectivity index (χ1) is 9.25. The number of carbonyl (C=O) groups is 1. The SMILES string of the molecule is O=C(CNCC1CCOCC1)Nc1ccccc1Cl. The molecule has 1 aliphatic heterocycles. The van der Waals surface area contributed by atoms with E-state index in [0.717, 1.165) is 32.6 Å². The maximum Gasteiger partial charge on any atom is 0.238 e. The van der Waals surface area contributed by atoms with Gasteiger partial charge in [0.25, 0.3) is 0 Å². The van der Waals surface area contributed by atoms with Gasteiger partial charge >= 0.3 is 0 Å². The van der Waals surface area contributed by atoms with Crippen LogP contribution in [0.4, 0.5) is 5.69 Å². The van der Waals surface area contributed by atoms with E-state index in [1.807, 2.05) is 12.1 Å². The van der Waals surface area contributed by atoms with Gasteiger partial charge in [0.1, 0.15) is 0 Å². The van der Waals surface area contributed by atoms with Gasteiger partial charge in [0, 0.05) is 13.2 Å². The first-order valence-corrected chi connectivity index (χ1v) is 6.96. The zero-order valence-electron chi connectivity index (χ0n) is 10.8. The zero-order chi connectivity index (χ0) is 13.5. The fourth-order valence-electron chi connectivity index (χ4n) is 2.10. The van der Waals surface area contributed by atoms with Crippen molar-refractivity contribution < 1.29 is 9.53 Å². The number of rotatable bonds is 5. The molecule has 2 rings (SSSR count). The summed E-state index contributed by atoms with van der Waals surface area (Å²) < 4.78 is 5.30. The highest BCUT2D eigenvalue weighted by Gasteiger charge is 2.13. The molecule has 1 aromatic rings. The summed E-state index contributed by atoms with van der Waals surface area (Å²) in [5.74, 6) is 0.544. The number of para-hydroxylation sites is 1. The second-order valence-corrected chi connectivity index (χ2v) is 5.12. The Labute approximate surface area is 118 Å². The second-order valence-electron chi connectivity index (χ2n) is 4.71. The van der Waals surface area contributed by atoms with Gasteiger partial charge in [0.05, 0.1) is 17.3 Å². The Morgan fingerprint density at radius 2 is 2.05 bits per heavy atom. The number of hydrogen-bond acceptors (Lipinski definition) is 3. The third kappa shape index (κ3) is 4.82. The summed E-state index contributed by atoms with van der Waals surface area (Å²) in [4.78, 5) is 11.7. The van der Waals surface area contributed by atoms with Crippen molar-refractivity contribution in [1.29, 1.82) is 0 Å². The summed E-state index contributed by atoms with van der Waals surface area (Å²) in [6.07, 6.45) is 2.14. The minimum atomic E-state index is -0.0693. The molecule has 1 aromatic carbocycles. The van der Waals surface area contributed by atoms with E-state index in [1.165, 1.54) is 0 Å². The monoisotopic (exact) mass is 282 g/mol. The molecule has 1 fully saturated rings. The van der Waals surface area contributed by atoms with Gasteiger partial charge in [-0.3, -0.25) is 4.79 Å². The van der Waals surface area contributed by atoms with Gasteiger partial charge in [-0.25, -0.2) is 0 Å². The highest BCUT2D eigenvalue weighted by atomic mass is 35.5. The molecule has 0 unspecified atom stereocenters. The Hall–Kier alpha value is -1.10. The van der Waals surface area contributed by atoms with Crippen molar-refractivity contribution in [3.05, 3.63) is 29.3 Å². The van der Waals surface area contributed by atoms with Crippen LogP contribution in [0.2, 0.25) is 5.02 Å². The van der Waals surface area contributed by atoms with Crippen molar-refractivity contribution in [3.8, 4) is 0 Å². The van der Waals surface area contributed by atoms with E-state index >= 15 is 0 Å². The van der Waals surface area contributed by atoms with Gasteiger partial charge in [0.2, 0.25) is 5.91 Å². The number of hydrogen-bond donors (Lipinski definition) is 2. The topological polar surface area (TPSA) is 50.4 Å². The highest BCUT2D eigenvalue weighted by Crippen LogP contribution is 2.20. The predicted octanol–water partition coefficient (Wildman–Crippen LogP) is 2.29. The predicted molar refractivity (Wildman–Crippen MR) is 76.5 cm³/mol. The zero-order valence-corrected chi connectivity index (χ0v) is 11.6. The highest BCUT2D eigenvalue weighted by molar-refractivity contribution is 6.33. The van der Waals surface area contributed by atoms with Crippen LogP contribution < -0.4 is 10.6 Å². The van der Waals surface area contributed by atoms with Crippen LogP contribution >= 0.6 is 11.6 Å². The van der Waals surface area contributed by atoms with Crippen molar-refractivity contribution >= 4 is 23.2 Å². The van der Waals surface area contributed by atoms with Gasteiger partial charge in [-0.1, -0.05) is 23.7 Å². The number of halogens is 1. The van der Waals surface area contributed by atoms with Gasteiger partial charge in [-0.05, 0) is 37.4 Å². The molecule has 0 aromatic heterocycles. The average Bonchev–Trinajstić information content (AvgIpc) is 2.43. The van der Waals surface area contributed by atoms with Crippen LogP contribution in [-0.4, -0.2) is 32.2 Å². The fourth-order valence-corrected chi connectivity index (χ4v) is 2.28. The maximum absolute atomic E-state index is 11.7. The summed E-state index contributed by atoms with van der Waals surface area (Å²) in [7, 11) is 0. The van der Waals surface area contributed by atoms with Gasteiger partial charge < -0.3 is 15.4 Å². The summed E-state index contributed by atoms with van der Waals surface area (Å²) in [6, 6.07) is 7.23. The standard InChI is InChI=1S/C14H19ClN2O2/c15-12-3-1-2-4-13(12)17-14(18)10-16-9-11-5-7-19-8-6-11/h1-4,11,16H,5-10H2,(H,17,18). The Bertz CT molecular complexity index is 420. The molecular formula is C14H19ClN2O2. The van der Waals surface area contributed by atoms with Crippen LogP contribution in [0.5, 0.6) is 0 Å². The quantitative estimate of drug-likeness (QED) is 0.871. The molecule has 19 heavy (non-hydrogen) atoms. The first-order valence-electron chi connectivity index (χ1n) is 6.58. The lowest BCUT2D eigenvalue weighted by Crippen LogP contribution is -2.33. The molecule has 0 saturated carbocycles. The molecule has 0 atom stereocenters. The van der Waals surface area contributed by atoms with Crippen molar-refractivity contribution in [2.45, 2.75) is 12.8 Å². The molecule has 0 radical (unpaired) electrons. The molecule has 2 N–H and O–H groups in total. The average molecular weight is 283 g/mol. The third-order valence-corrected chi connectivity index (χ3v) is 3.54. The van der Waals surface area contributed by atoms with E-state index in [4.69, 9.17) is 16.3 Å². The van der Waals surface area contributed by atoms with Crippen LogP contribution in [-0.2, 0) is 9.53 Å². The Kier molecular flexibility index (Phi) is 5.63. The van der Waals surface area contributed by atoms with Crippen molar-refractivity contribution in [1.82, 2.24) is 5.32 Å². The van der Waals surface area contributed by atoms with E-state index in [9.17, 15) is 4.79 Å². The smallest absolute Gasteiger partial charge is 0.238 e. The van der Waals surface area contributed by atoms with Crippen LogP contribution in [0.15, 0.2) is 24.3 Å². The molecule has 1 aliphatic rings. The second kappa shape index (κ2) is 7.48. The van der Waals surface area contributed by atoms with Crippen LogP contribution in [0.25, 0.3) is 0 Å². The Balaban J connectivity index is 1.68. The van der Waals surface area contributed by atoms with E-state index in [1.54, 1.807) is 12.1 Å². The number of ether oxygens (including phenoxy) is 1. The largest absolute Gasteiger partial charge is 0.381 e. The normalized spacial score (nSPS) is 16.3. The van der Waals surface area contributed by atoms with Crippen molar-refractivity contribution in [2.75, 3.05) is 31.6 Å². The molecule has 1 amide bonds. The summed E-state index contributed by atoms with van der Waals surface area (Å²) in [5, 5.41) is 6.53. The summed E-state index contributed by atoms with van der Waals surface area (Å²) >= 11 is 5.98. The molecule has 0 aliphatic carbocycles. The van der Waals surface area contributed by atoms with Gasteiger partial charge in [-0.2, -0.15) is 0 Å². The number of anilines is 1. The molecule has 0 bridgehead atoms. The molecule has 0 spiro atoms. The lowest BCUT2D eigenvalue weighted by molar-refractivity contribution is -0.115. The maximum atomic E-state index is 11.7. The number of carbonyl (C=O) groups excluding carboxylic acids is 1. The van der Waals surface area contributed by atoms with Gasteiger partial charge in [0.15, 0.2) is 0 Å². The Morgan fingerprint density at radius 3 is 2.79 bits per heavy atom. The number of benzene rings is 1. The molecule has 1 heterocycles. The van der Waals surface area contributed by atoms with Gasteiger partial charge in [-0.15, -0.1) is 0 Å². The van der Waals surface area contributed by atoms with E-state index in [-0.39, 0.29) is 5.91 Å². The summed E-state index contributed by atoms with van der Waals surface area (Å²) in [6.45, 7) is 2.83.